The van der Waals surface area contributed by atoms with Crippen molar-refractivity contribution in [2.24, 2.45) is 17.6 Å². The van der Waals surface area contributed by atoms with Crippen LogP contribution in [0.15, 0.2) is 53.3 Å². The average Bonchev–Trinajstić information content (AvgIpc) is 2.82. The van der Waals surface area contributed by atoms with Crippen molar-refractivity contribution in [3.8, 4) is 16.9 Å². The minimum atomic E-state index is -2.69. The van der Waals surface area contributed by atoms with Gasteiger partial charge in [-0.2, -0.15) is 0 Å². The van der Waals surface area contributed by atoms with Crippen LogP contribution in [0.1, 0.15) is 17.5 Å². The number of halogens is 1. The molecule has 1 fully saturated rings. The molecule has 0 aliphatic heterocycles. The molecule has 0 spiro atoms. The lowest BCUT2D eigenvalue weighted by Crippen LogP contribution is -2.65. The van der Waals surface area contributed by atoms with Crippen LogP contribution in [-0.2, 0) is 20.8 Å². The van der Waals surface area contributed by atoms with Crippen LogP contribution in [0.5, 0.6) is 5.75 Å². The van der Waals surface area contributed by atoms with Gasteiger partial charge in [0.1, 0.15) is 28.7 Å². The zero-order chi connectivity index (χ0) is 27.0. The van der Waals surface area contributed by atoms with Crippen molar-refractivity contribution in [1.82, 2.24) is 4.90 Å². The maximum Gasteiger partial charge on any atom is 0.255 e. The smallest absolute Gasteiger partial charge is 0.255 e. The molecule has 1 amide bonds. The van der Waals surface area contributed by atoms with E-state index in [4.69, 9.17) is 5.73 Å². The van der Waals surface area contributed by atoms with Crippen LogP contribution in [0.4, 0.5) is 4.39 Å². The summed E-state index contributed by atoms with van der Waals surface area (Å²) >= 11 is 0. The Morgan fingerprint density at radius 3 is 2.32 bits per heavy atom. The van der Waals surface area contributed by atoms with Gasteiger partial charge in [-0.25, -0.2) is 4.39 Å². The molecule has 0 aromatic heterocycles. The number of phenols is 1. The van der Waals surface area contributed by atoms with E-state index in [0.717, 1.165) is 0 Å². The van der Waals surface area contributed by atoms with Gasteiger partial charge in [-0.1, -0.05) is 18.2 Å². The van der Waals surface area contributed by atoms with Crippen molar-refractivity contribution in [1.29, 1.82) is 0 Å². The fourth-order valence-corrected chi connectivity index (χ4v) is 6.14. The van der Waals surface area contributed by atoms with Gasteiger partial charge in [0.25, 0.3) is 5.91 Å². The van der Waals surface area contributed by atoms with Gasteiger partial charge in [0.2, 0.25) is 5.78 Å². The molecule has 0 saturated heterocycles. The molecular weight excluding hydrogens is 483 g/mol. The number of phenolic OH excluding ortho intramolecular Hbond substituents is 1. The van der Waals surface area contributed by atoms with Crippen molar-refractivity contribution >= 4 is 23.2 Å². The van der Waals surface area contributed by atoms with E-state index in [0.29, 0.717) is 16.7 Å². The molecule has 4 atom stereocenters. The predicted molar refractivity (Wildman–Crippen MR) is 130 cm³/mol. The van der Waals surface area contributed by atoms with Crippen LogP contribution in [0.3, 0.4) is 0 Å². The second kappa shape index (κ2) is 8.25. The van der Waals surface area contributed by atoms with Crippen LogP contribution < -0.4 is 5.73 Å². The number of Topliss-reactive ketones (excluding diaryl/α,β-unsaturated/α-hetero) is 2. The number of carbonyl (C=O) groups excluding carboxylic acids is 3. The van der Waals surface area contributed by atoms with E-state index in [2.05, 4.69) is 0 Å². The lowest BCUT2D eigenvalue weighted by molar-refractivity contribution is -0.153. The summed E-state index contributed by atoms with van der Waals surface area (Å²) in [5, 5.41) is 44.4. The van der Waals surface area contributed by atoms with Gasteiger partial charge in [-0.3, -0.25) is 19.3 Å². The number of rotatable bonds is 3. The number of primary amides is 1. The van der Waals surface area contributed by atoms with Crippen LogP contribution in [0.2, 0.25) is 0 Å². The summed E-state index contributed by atoms with van der Waals surface area (Å²) in [5.41, 5.74) is 3.28. The van der Waals surface area contributed by atoms with E-state index < -0.39 is 63.9 Å². The first-order valence-corrected chi connectivity index (χ1v) is 11.6. The highest BCUT2D eigenvalue weighted by Gasteiger charge is 2.64. The van der Waals surface area contributed by atoms with Crippen molar-refractivity contribution in [2.75, 3.05) is 14.1 Å². The second-order valence-corrected chi connectivity index (χ2v) is 9.95. The summed E-state index contributed by atoms with van der Waals surface area (Å²) in [7, 11) is 3.08. The van der Waals surface area contributed by atoms with Crippen molar-refractivity contribution in [2.45, 2.75) is 24.5 Å². The molecule has 3 aliphatic carbocycles. The molecule has 10 heteroatoms. The molecule has 192 valence electrons. The van der Waals surface area contributed by atoms with Crippen LogP contribution in [0.25, 0.3) is 16.9 Å². The number of nitrogens with two attached hydrogens (primary N) is 1. The Morgan fingerprint density at radius 1 is 1.08 bits per heavy atom. The number of likely N-dealkylation sites (N-methyl/N-ethyl adjacent to an activating group) is 1. The zero-order valence-corrected chi connectivity index (χ0v) is 20.0. The minimum Gasteiger partial charge on any atom is -0.508 e. The molecule has 0 radical (unpaired) electrons. The summed E-state index contributed by atoms with van der Waals surface area (Å²) in [6.45, 7) is 0. The summed E-state index contributed by atoms with van der Waals surface area (Å²) in [6, 6.07) is 7.48. The van der Waals surface area contributed by atoms with E-state index in [9.17, 15) is 39.2 Å². The number of amides is 1. The molecule has 9 nitrogen and oxygen atoms in total. The average molecular weight is 509 g/mol. The van der Waals surface area contributed by atoms with Gasteiger partial charge >= 0.3 is 0 Å². The maximum atomic E-state index is 13.8. The molecule has 0 bridgehead atoms. The first-order chi connectivity index (χ1) is 17.4. The Bertz CT molecular complexity index is 1440. The molecule has 1 saturated carbocycles. The zero-order valence-electron chi connectivity index (χ0n) is 20.0. The van der Waals surface area contributed by atoms with Crippen molar-refractivity contribution < 1.29 is 39.2 Å². The monoisotopic (exact) mass is 508 g/mol. The number of nitrogens with zero attached hydrogens (tertiary/aromatic N) is 1. The second-order valence-electron chi connectivity index (χ2n) is 9.95. The lowest BCUT2D eigenvalue weighted by Gasteiger charge is -2.50. The van der Waals surface area contributed by atoms with E-state index in [-0.39, 0.29) is 29.7 Å². The number of ketones is 2. The third-order valence-corrected chi connectivity index (χ3v) is 7.76. The first kappa shape index (κ1) is 24.7. The molecule has 6 N–H and O–H groups in total. The topological polar surface area (TPSA) is 161 Å². The lowest BCUT2D eigenvalue weighted by atomic mass is 9.57. The largest absolute Gasteiger partial charge is 0.508 e. The molecule has 5 rings (SSSR count). The molecule has 2 aromatic rings. The molecular formula is C27H25FN2O7. The summed E-state index contributed by atoms with van der Waals surface area (Å²) in [6.07, 6.45) is 0.139. The van der Waals surface area contributed by atoms with Crippen LogP contribution in [0, 0.1) is 17.7 Å². The molecule has 0 heterocycles. The van der Waals surface area contributed by atoms with Gasteiger partial charge < -0.3 is 26.2 Å². The number of carbonyl (C=O) groups is 3. The van der Waals surface area contributed by atoms with Gasteiger partial charge in [0, 0.05) is 11.5 Å². The summed E-state index contributed by atoms with van der Waals surface area (Å²) in [5.74, 6) is -7.46. The van der Waals surface area contributed by atoms with E-state index in [1.54, 1.807) is 18.2 Å². The third-order valence-electron chi connectivity index (χ3n) is 7.76. The van der Waals surface area contributed by atoms with Crippen LogP contribution in [-0.4, -0.2) is 68.5 Å². The Labute approximate surface area is 210 Å². The first-order valence-electron chi connectivity index (χ1n) is 11.6. The van der Waals surface area contributed by atoms with Gasteiger partial charge in [-0.15, -0.1) is 0 Å². The molecule has 2 aromatic carbocycles. The molecule has 37 heavy (non-hydrogen) atoms. The summed E-state index contributed by atoms with van der Waals surface area (Å²) in [4.78, 5) is 40.5. The summed E-state index contributed by atoms with van der Waals surface area (Å²) < 4.78 is 13.5. The quantitative estimate of drug-likeness (QED) is 0.392. The maximum absolute atomic E-state index is 13.8. The Kier molecular flexibility index (Phi) is 5.50. The Hall–Kier alpha value is -4.02. The van der Waals surface area contributed by atoms with Crippen LogP contribution >= 0.6 is 0 Å². The highest BCUT2D eigenvalue weighted by molar-refractivity contribution is 6.24. The Morgan fingerprint density at radius 2 is 1.73 bits per heavy atom. The third kappa shape index (κ3) is 3.32. The fourth-order valence-electron chi connectivity index (χ4n) is 6.14. The number of aliphatic hydroxyl groups is 3. The number of aromatic hydroxyl groups is 1. The minimum absolute atomic E-state index is 0.00965. The predicted octanol–water partition coefficient (Wildman–Crippen LogP) is 1.77. The Balaban J connectivity index is 1.74. The van der Waals surface area contributed by atoms with Gasteiger partial charge in [0.05, 0.1) is 11.6 Å². The highest BCUT2D eigenvalue weighted by Crippen LogP contribution is 2.53. The normalized spacial score (nSPS) is 27.2. The number of aliphatic hydroxyl groups excluding tert-OH is 2. The van der Waals surface area contributed by atoms with Gasteiger partial charge in [0.15, 0.2) is 11.4 Å². The SMILES string of the molecule is CN(C)[C@@H]1C(=O)C(C(N)=O)=C(O)[C@@]2(O)C(=O)C3=C(O)c4c(O)ccc(-c5ccc(F)cc5)c4C[C@H]3C[C@@H]12. The molecule has 0 unspecified atom stereocenters. The standard InChI is InChI=1S/C27H25FN2O7/c1-30(2)21-16-10-12-9-15-14(11-3-5-13(28)6-4-11)7-8-17(31)19(15)22(32)18(12)24(34)27(16,37)25(35)20(23(21)33)26(29)36/h3-8,12,16,21,31-32,35,37H,9-10H2,1-2H3,(H2,29,36)/t12-,16-,21-,27-/m0/s1. The van der Waals surface area contributed by atoms with E-state index in [1.807, 2.05) is 0 Å². The molecule has 3 aliphatic rings. The van der Waals surface area contributed by atoms with Gasteiger partial charge in [-0.05, 0) is 67.7 Å². The number of hydrogen-bond acceptors (Lipinski definition) is 8. The van der Waals surface area contributed by atoms with E-state index in [1.165, 1.54) is 37.2 Å². The fraction of sp³-hybridized carbons (Fsp3) is 0.296. The van der Waals surface area contributed by atoms with Crippen molar-refractivity contribution in [3.05, 3.63) is 70.2 Å². The van der Waals surface area contributed by atoms with E-state index >= 15 is 0 Å². The van der Waals surface area contributed by atoms with Crippen molar-refractivity contribution in [3.63, 3.8) is 0 Å². The number of benzene rings is 2. The highest BCUT2D eigenvalue weighted by atomic mass is 19.1. The number of hydrogen-bond donors (Lipinski definition) is 5. The number of fused-ring (bicyclic) bond motifs is 3.